The second kappa shape index (κ2) is 6.32. The molecule has 0 saturated carbocycles. The smallest absolute Gasteiger partial charge is 0.223 e. The van der Waals surface area contributed by atoms with Gasteiger partial charge in [0.05, 0.1) is 24.4 Å². The number of ether oxygens (including phenoxy) is 1. The highest BCUT2D eigenvalue weighted by atomic mass is 16.5. The van der Waals surface area contributed by atoms with E-state index >= 15 is 0 Å². The molecule has 2 aromatic rings. The largest absolute Gasteiger partial charge is 0.384 e. The zero-order valence-corrected chi connectivity index (χ0v) is 14.2. The van der Waals surface area contributed by atoms with Crippen LogP contribution < -0.4 is 0 Å². The first-order valence-electron chi connectivity index (χ1n) is 8.19. The fourth-order valence-corrected chi connectivity index (χ4v) is 3.41. The summed E-state index contributed by atoms with van der Waals surface area (Å²) in [4.78, 5) is 14.5. The van der Waals surface area contributed by atoms with Crippen LogP contribution in [0.3, 0.4) is 0 Å². The van der Waals surface area contributed by atoms with Crippen LogP contribution in [0, 0.1) is 5.41 Å². The van der Waals surface area contributed by atoms with Crippen LogP contribution in [0.5, 0.6) is 0 Å². The highest BCUT2D eigenvalue weighted by Crippen LogP contribution is 2.28. The molecule has 1 fully saturated rings. The van der Waals surface area contributed by atoms with Crippen molar-refractivity contribution in [2.75, 3.05) is 26.8 Å². The molecule has 1 atom stereocenters. The van der Waals surface area contributed by atoms with Crippen molar-refractivity contribution in [1.29, 1.82) is 0 Å². The lowest BCUT2D eigenvalue weighted by Crippen LogP contribution is -2.34. The second-order valence-electron chi connectivity index (χ2n) is 7.20. The molecule has 1 saturated heterocycles. The SMILES string of the molecule is COCC(C)(C)CC(=O)N1CCC(n2ncc3ccccc32)C1. The number of fused-ring (bicyclic) bond motifs is 1. The molecule has 124 valence electrons. The molecule has 1 unspecified atom stereocenters. The van der Waals surface area contributed by atoms with Crippen molar-refractivity contribution in [1.82, 2.24) is 14.7 Å². The van der Waals surface area contributed by atoms with Crippen LogP contribution in [-0.4, -0.2) is 47.4 Å². The predicted octanol–water partition coefficient (Wildman–Crippen LogP) is 2.87. The average molecular weight is 315 g/mol. The molecule has 5 heteroatoms. The van der Waals surface area contributed by atoms with E-state index in [-0.39, 0.29) is 17.4 Å². The summed E-state index contributed by atoms with van der Waals surface area (Å²) in [5.74, 6) is 0.214. The molecule has 1 aliphatic heterocycles. The van der Waals surface area contributed by atoms with Gasteiger partial charge in [0, 0.05) is 32.0 Å². The van der Waals surface area contributed by atoms with Crippen molar-refractivity contribution in [2.45, 2.75) is 32.7 Å². The van der Waals surface area contributed by atoms with Crippen molar-refractivity contribution in [2.24, 2.45) is 5.41 Å². The first-order valence-corrected chi connectivity index (χ1v) is 8.19. The van der Waals surface area contributed by atoms with Gasteiger partial charge in [0.15, 0.2) is 0 Å². The minimum absolute atomic E-state index is 0.123. The quantitative estimate of drug-likeness (QED) is 0.852. The number of carbonyl (C=O) groups excluding carboxylic acids is 1. The zero-order valence-electron chi connectivity index (χ0n) is 14.2. The highest BCUT2D eigenvalue weighted by Gasteiger charge is 2.31. The number of carbonyl (C=O) groups is 1. The van der Waals surface area contributed by atoms with Gasteiger partial charge in [0.1, 0.15) is 0 Å². The van der Waals surface area contributed by atoms with Crippen LogP contribution in [0.15, 0.2) is 30.5 Å². The normalized spacial score (nSPS) is 18.7. The summed E-state index contributed by atoms with van der Waals surface area (Å²) >= 11 is 0. The fourth-order valence-electron chi connectivity index (χ4n) is 3.41. The lowest BCUT2D eigenvalue weighted by molar-refractivity contribution is -0.133. The fraction of sp³-hybridized carbons (Fsp3) is 0.556. The van der Waals surface area contributed by atoms with Gasteiger partial charge in [-0.2, -0.15) is 5.10 Å². The van der Waals surface area contributed by atoms with Crippen LogP contribution in [0.4, 0.5) is 0 Å². The number of para-hydroxylation sites is 1. The minimum atomic E-state index is -0.123. The van der Waals surface area contributed by atoms with Crippen LogP contribution in [0.25, 0.3) is 10.9 Å². The third-order valence-corrected chi connectivity index (χ3v) is 4.53. The predicted molar refractivity (Wildman–Crippen MR) is 90.2 cm³/mol. The lowest BCUT2D eigenvalue weighted by Gasteiger charge is -2.26. The maximum absolute atomic E-state index is 12.6. The van der Waals surface area contributed by atoms with Crippen molar-refractivity contribution >= 4 is 16.8 Å². The van der Waals surface area contributed by atoms with E-state index in [0.717, 1.165) is 30.4 Å². The molecule has 1 aromatic carbocycles. The lowest BCUT2D eigenvalue weighted by atomic mass is 9.90. The van der Waals surface area contributed by atoms with Crippen LogP contribution >= 0.6 is 0 Å². The number of amides is 1. The van der Waals surface area contributed by atoms with E-state index in [1.807, 2.05) is 23.2 Å². The summed E-state index contributed by atoms with van der Waals surface area (Å²) in [6, 6.07) is 8.49. The minimum Gasteiger partial charge on any atom is -0.384 e. The molecule has 1 aliphatic rings. The van der Waals surface area contributed by atoms with Gasteiger partial charge < -0.3 is 9.64 Å². The Kier molecular flexibility index (Phi) is 4.39. The molecule has 0 radical (unpaired) electrons. The van der Waals surface area contributed by atoms with Gasteiger partial charge in [-0.1, -0.05) is 32.0 Å². The van der Waals surface area contributed by atoms with E-state index in [1.54, 1.807) is 7.11 Å². The Bertz CT molecular complexity index is 692. The average Bonchev–Trinajstić information content (AvgIpc) is 3.13. The van der Waals surface area contributed by atoms with Gasteiger partial charge in [-0.25, -0.2) is 0 Å². The van der Waals surface area contributed by atoms with Gasteiger partial charge in [-0.05, 0) is 17.9 Å². The number of likely N-dealkylation sites (tertiary alicyclic amines) is 1. The number of benzene rings is 1. The standard InChI is InChI=1S/C18H25N3O2/c1-18(2,13-23-3)10-17(22)20-9-8-15(12-20)21-16-7-5-4-6-14(16)11-19-21/h4-7,11,15H,8-10,12-13H2,1-3H3. The molecule has 2 heterocycles. The maximum atomic E-state index is 12.6. The van der Waals surface area contributed by atoms with Gasteiger partial charge >= 0.3 is 0 Å². The van der Waals surface area contributed by atoms with Crippen LogP contribution in [0.2, 0.25) is 0 Å². The molecule has 0 N–H and O–H groups in total. The Morgan fingerprint density at radius 3 is 2.96 bits per heavy atom. The first kappa shape index (κ1) is 16.0. The molecular formula is C18H25N3O2. The van der Waals surface area contributed by atoms with E-state index in [2.05, 4.69) is 35.8 Å². The summed E-state index contributed by atoms with van der Waals surface area (Å²) in [5, 5.41) is 5.69. The van der Waals surface area contributed by atoms with E-state index in [9.17, 15) is 4.79 Å². The molecule has 5 nitrogen and oxygen atoms in total. The Balaban J connectivity index is 1.68. The number of nitrogens with zero attached hydrogens (tertiary/aromatic N) is 3. The Morgan fingerprint density at radius 1 is 1.39 bits per heavy atom. The summed E-state index contributed by atoms with van der Waals surface area (Å²) in [6.07, 6.45) is 3.39. The molecule has 1 aromatic heterocycles. The molecule has 23 heavy (non-hydrogen) atoms. The molecule has 0 aliphatic carbocycles. The van der Waals surface area contributed by atoms with Crippen molar-refractivity contribution in [3.8, 4) is 0 Å². The number of hydrogen-bond donors (Lipinski definition) is 0. The number of hydrogen-bond acceptors (Lipinski definition) is 3. The highest BCUT2D eigenvalue weighted by molar-refractivity contribution is 5.79. The number of aromatic nitrogens is 2. The van der Waals surface area contributed by atoms with Gasteiger partial charge in [-0.3, -0.25) is 9.48 Å². The Hall–Kier alpha value is -1.88. The summed E-state index contributed by atoms with van der Waals surface area (Å²) in [6.45, 7) is 6.29. The summed E-state index contributed by atoms with van der Waals surface area (Å²) < 4.78 is 7.29. The van der Waals surface area contributed by atoms with Crippen LogP contribution in [0.1, 0.15) is 32.7 Å². The third-order valence-electron chi connectivity index (χ3n) is 4.53. The van der Waals surface area contributed by atoms with E-state index < -0.39 is 0 Å². The molecule has 0 bridgehead atoms. The summed E-state index contributed by atoms with van der Waals surface area (Å²) in [5.41, 5.74) is 1.02. The third kappa shape index (κ3) is 3.39. The van der Waals surface area contributed by atoms with Crippen molar-refractivity contribution in [3.05, 3.63) is 30.5 Å². The molecular weight excluding hydrogens is 290 g/mol. The summed E-state index contributed by atoms with van der Waals surface area (Å²) in [7, 11) is 1.68. The first-order chi connectivity index (χ1) is 11.0. The number of rotatable bonds is 5. The topological polar surface area (TPSA) is 47.4 Å². The maximum Gasteiger partial charge on any atom is 0.223 e. The van der Waals surface area contributed by atoms with Crippen molar-refractivity contribution < 1.29 is 9.53 Å². The van der Waals surface area contributed by atoms with E-state index in [4.69, 9.17) is 4.74 Å². The van der Waals surface area contributed by atoms with Crippen molar-refractivity contribution in [3.63, 3.8) is 0 Å². The van der Waals surface area contributed by atoms with E-state index in [1.165, 1.54) is 0 Å². The van der Waals surface area contributed by atoms with E-state index in [0.29, 0.717) is 13.0 Å². The monoisotopic (exact) mass is 315 g/mol. The van der Waals surface area contributed by atoms with Gasteiger partial charge in [-0.15, -0.1) is 0 Å². The second-order valence-corrected chi connectivity index (χ2v) is 7.20. The number of methoxy groups -OCH3 is 1. The Morgan fingerprint density at radius 2 is 2.17 bits per heavy atom. The van der Waals surface area contributed by atoms with Gasteiger partial charge in [0.25, 0.3) is 0 Å². The zero-order chi connectivity index (χ0) is 16.4. The van der Waals surface area contributed by atoms with Gasteiger partial charge in [0.2, 0.25) is 5.91 Å². The Labute approximate surface area is 137 Å². The van der Waals surface area contributed by atoms with Crippen LogP contribution in [-0.2, 0) is 9.53 Å². The molecule has 3 rings (SSSR count). The molecule has 0 spiro atoms. The molecule has 1 amide bonds.